The molecule has 4 aromatic heterocycles. The number of amides is 1. The van der Waals surface area contributed by atoms with E-state index in [-0.39, 0.29) is 87.4 Å². The standard InChI is InChI=1S/C34H29F4N9O2S2/c35-18-13-34(4-1-6-47(34)16-18)17-49-33-43-28-21(15-42-27(26(28)38)19-2-3-22(36)29-25(19)20(14-39)30(40)51-29)31(44-33)45-7-9-46(10-8-45)32(48)23(37)12-24-41-5-11-50-24/h2-3,5,11-12,15,18H,1,4,6-10,13,16-17,40H2/b23-12-/t18-,34+/m1/s1. The Morgan fingerprint density at radius 2 is 2.00 bits per heavy atom. The summed E-state index contributed by atoms with van der Waals surface area (Å²) in [5.74, 6) is -2.86. The minimum Gasteiger partial charge on any atom is -0.461 e. The molecule has 3 saturated heterocycles. The van der Waals surface area contributed by atoms with Crippen LogP contribution in [-0.4, -0.2) is 93.2 Å². The van der Waals surface area contributed by atoms with Gasteiger partial charge < -0.3 is 20.3 Å². The number of carbonyl (C=O) groups excluding carboxylic acids is 1. The maximum atomic E-state index is 16.8. The van der Waals surface area contributed by atoms with Gasteiger partial charge in [0.1, 0.15) is 51.7 Å². The molecule has 1 aromatic carbocycles. The molecule has 17 heteroatoms. The van der Waals surface area contributed by atoms with Crippen LogP contribution in [0.1, 0.15) is 29.8 Å². The second-order valence-corrected chi connectivity index (χ2v) is 14.7. The van der Waals surface area contributed by atoms with E-state index >= 15 is 4.39 Å². The number of nitrogens with two attached hydrogens (primary N) is 1. The van der Waals surface area contributed by atoms with E-state index in [0.29, 0.717) is 18.0 Å². The lowest BCUT2D eigenvalue weighted by molar-refractivity contribution is -0.128. The van der Waals surface area contributed by atoms with Gasteiger partial charge in [0.15, 0.2) is 11.6 Å². The molecule has 0 saturated carbocycles. The van der Waals surface area contributed by atoms with E-state index in [0.717, 1.165) is 36.8 Å². The number of aromatic nitrogens is 4. The minimum absolute atomic E-state index is 0.0200. The highest BCUT2D eigenvalue weighted by Crippen LogP contribution is 2.43. The lowest BCUT2D eigenvalue weighted by atomic mass is 9.95. The van der Waals surface area contributed by atoms with Gasteiger partial charge in [-0.25, -0.2) is 22.5 Å². The number of carbonyl (C=O) groups is 1. The van der Waals surface area contributed by atoms with Gasteiger partial charge in [0.05, 0.1) is 21.2 Å². The van der Waals surface area contributed by atoms with Crippen molar-refractivity contribution in [2.45, 2.75) is 31.0 Å². The fourth-order valence-electron chi connectivity index (χ4n) is 7.41. The number of hydrogen-bond donors (Lipinski definition) is 1. The highest BCUT2D eigenvalue weighted by Gasteiger charge is 2.49. The van der Waals surface area contributed by atoms with Crippen LogP contribution in [0.2, 0.25) is 0 Å². The van der Waals surface area contributed by atoms with Gasteiger partial charge in [-0.05, 0) is 31.5 Å². The largest absolute Gasteiger partial charge is 0.461 e. The van der Waals surface area contributed by atoms with Crippen LogP contribution in [0, 0.1) is 23.0 Å². The van der Waals surface area contributed by atoms with E-state index in [1.807, 2.05) is 11.0 Å². The van der Waals surface area contributed by atoms with E-state index in [1.54, 1.807) is 5.38 Å². The summed E-state index contributed by atoms with van der Waals surface area (Å²) in [4.78, 5) is 35.8. The zero-order valence-electron chi connectivity index (χ0n) is 26.9. The molecule has 0 radical (unpaired) electrons. The third kappa shape index (κ3) is 5.80. The Morgan fingerprint density at radius 1 is 1.18 bits per heavy atom. The van der Waals surface area contributed by atoms with E-state index in [2.05, 4.69) is 24.8 Å². The van der Waals surface area contributed by atoms with Gasteiger partial charge >= 0.3 is 6.01 Å². The summed E-state index contributed by atoms with van der Waals surface area (Å²) < 4.78 is 67.2. The SMILES string of the molecule is N#Cc1c(N)sc2c(F)ccc(-c3ncc4c(N5CCN(C(=O)/C(F)=C/c6nccs6)CC5)nc(OC[C@@]56CCCN5C[C@H](F)C6)nc4c3F)c12. The van der Waals surface area contributed by atoms with Crippen molar-refractivity contribution < 1.29 is 27.1 Å². The normalized spacial score (nSPS) is 21.1. The molecular formula is C34H29F4N9O2S2. The Labute approximate surface area is 296 Å². The summed E-state index contributed by atoms with van der Waals surface area (Å²) in [6.07, 6.45) is 5.00. The first-order valence-corrected chi connectivity index (χ1v) is 18.0. The van der Waals surface area contributed by atoms with E-state index in [1.165, 1.54) is 40.8 Å². The summed E-state index contributed by atoms with van der Waals surface area (Å²) in [5.41, 5.74) is 5.39. The zero-order valence-corrected chi connectivity index (χ0v) is 28.5. The Hall–Kier alpha value is -4.92. The predicted octanol–water partition coefficient (Wildman–Crippen LogP) is 5.71. The Kier molecular flexibility index (Phi) is 8.47. The van der Waals surface area contributed by atoms with Crippen molar-refractivity contribution in [3.8, 4) is 23.3 Å². The Balaban J connectivity index is 1.17. The molecule has 3 aliphatic rings. The van der Waals surface area contributed by atoms with E-state index in [9.17, 15) is 23.2 Å². The van der Waals surface area contributed by atoms with Crippen LogP contribution in [0.4, 0.5) is 28.4 Å². The summed E-state index contributed by atoms with van der Waals surface area (Å²) in [6.45, 7) is 1.92. The second-order valence-electron chi connectivity index (χ2n) is 12.8. The number of pyridine rings is 1. The first-order chi connectivity index (χ1) is 24.7. The van der Waals surface area contributed by atoms with Crippen molar-refractivity contribution in [2.75, 3.05) is 56.5 Å². The molecule has 0 spiro atoms. The van der Waals surface area contributed by atoms with Gasteiger partial charge in [-0.2, -0.15) is 15.2 Å². The molecule has 1 amide bonds. The van der Waals surface area contributed by atoms with Crippen LogP contribution in [0.25, 0.3) is 38.3 Å². The van der Waals surface area contributed by atoms with E-state index < -0.39 is 35.1 Å². The molecule has 8 rings (SSSR count). The van der Waals surface area contributed by atoms with Crippen molar-refractivity contribution >= 4 is 66.5 Å². The molecule has 2 N–H and O–H groups in total. The number of benzene rings is 1. The molecule has 3 fully saturated rings. The van der Waals surface area contributed by atoms with Crippen molar-refractivity contribution in [2.24, 2.45) is 0 Å². The van der Waals surface area contributed by atoms with Crippen LogP contribution < -0.4 is 15.4 Å². The summed E-state index contributed by atoms with van der Waals surface area (Å²) >= 11 is 2.10. The first-order valence-electron chi connectivity index (χ1n) is 16.3. The quantitative estimate of drug-likeness (QED) is 0.164. The van der Waals surface area contributed by atoms with Crippen molar-refractivity contribution in [3.63, 3.8) is 0 Å². The third-order valence-corrected chi connectivity index (χ3v) is 11.6. The smallest absolute Gasteiger partial charge is 0.319 e. The van der Waals surface area contributed by atoms with Crippen LogP contribution in [0.3, 0.4) is 0 Å². The van der Waals surface area contributed by atoms with Crippen LogP contribution in [0.15, 0.2) is 35.7 Å². The molecule has 51 heavy (non-hydrogen) atoms. The Morgan fingerprint density at radius 3 is 2.76 bits per heavy atom. The number of nitrogen functional groups attached to an aromatic ring is 1. The molecule has 7 heterocycles. The van der Waals surface area contributed by atoms with Gasteiger partial charge in [-0.3, -0.25) is 14.7 Å². The minimum atomic E-state index is -0.981. The van der Waals surface area contributed by atoms with Gasteiger partial charge in [0, 0.05) is 73.9 Å². The first kappa shape index (κ1) is 33.2. The average Bonchev–Trinajstić information content (AvgIpc) is 3.91. The number of nitriles is 1. The number of anilines is 2. The van der Waals surface area contributed by atoms with Crippen molar-refractivity contribution in [1.29, 1.82) is 5.26 Å². The average molecular weight is 736 g/mol. The number of thiophene rings is 1. The molecule has 262 valence electrons. The van der Waals surface area contributed by atoms with E-state index in [4.69, 9.17) is 10.5 Å². The molecule has 0 aliphatic carbocycles. The maximum Gasteiger partial charge on any atom is 0.319 e. The molecule has 0 unspecified atom stereocenters. The molecular weight excluding hydrogens is 707 g/mol. The van der Waals surface area contributed by atoms with Crippen LogP contribution in [-0.2, 0) is 4.79 Å². The second kappa shape index (κ2) is 13.0. The number of ether oxygens (including phenoxy) is 1. The number of halogens is 4. The number of alkyl halides is 1. The van der Waals surface area contributed by atoms with Crippen molar-refractivity contribution in [1.82, 2.24) is 29.7 Å². The van der Waals surface area contributed by atoms with Crippen molar-refractivity contribution in [3.05, 3.63) is 57.9 Å². The molecule has 5 aromatic rings. The zero-order chi connectivity index (χ0) is 35.4. The summed E-state index contributed by atoms with van der Waals surface area (Å²) in [5, 5.41) is 12.4. The number of fused-ring (bicyclic) bond motifs is 3. The predicted molar refractivity (Wildman–Crippen MR) is 186 cm³/mol. The van der Waals surface area contributed by atoms with Gasteiger partial charge in [-0.15, -0.1) is 22.7 Å². The van der Waals surface area contributed by atoms with Gasteiger partial charge in [0.25, 0.3) is 5.91 Å². The number of nitrogens with zero attached hydrogens (tertiary/aromatic N) is 8. The topological polar surface area (TPSA) is 137 Å². The third-order valence-electron chi connectivity index (χ3n) is 9.83. The molecule has 2 atom stereocenters. The maximum absolute atomic E-state index is 16.8. The fraction of sp³-hybridized carbons (Fsp3) is 0.353. The number of hydrogen-bond acceptors (Lipinski definition) is 12. The number of piperazine rings is 1. The molecule has 11 nitrogen and oxygen atoms in total. The van der Waals surface area contributed by atoms with Gasteiger partial charge in [0.2, 0.25) is 0 Å². The fourth-order valence-corrected chi connectivity index (χ4v) is 8.91. The lowest BCUT2D eigenvalue weighted by Gasteiger charge is -2.35. The summed E-state index contributed by atoms with van der Waals surface area (Å²) in [6, 6.07) is 4.38. The molecule has 0 bridgehead atoms. The monoisotopic (exact) mass is 735 g/mol. The molecule has 3 aliphatic heterocycles. The number of rotatable bonds is 7. The lowest BCUT2D eigenvalue weighted by Crippen LogP contribution is -2.49. The highest BCUT2D eigenvalue weighted by atomic mass is 32.1. The van der Waals surface area contributed by atoms with Crippen LogP contribution >= 0.6 is 22.7 Å². The number of thiazole rings is 1. The van der Waals surface area contributed by atoms with Crippen LogP contribution in [0.5, 0.6) is 6.01 Å². The summed E-state index contributed by atoms with van der Waals surface area (Å²) in [7, 11) is 0. The van der Waals surface area contributed by atoms with Gasteiger partial charge in [-0.1, -0.05) is 0 Å². The Bertz CT molecular complexity index is 2250. The highest BCUT2D eigenvalue weighted by molar-refractivity contribution is 7.23.